The van der Waals surface area contributed by atoms with Crippen molar-refractivity contribution in [3.05, 3.63) is 53.6 Å². The predicted octanol–water partition coefficient (Wildman–Crippen LogP) is 3.21. The molecule has 0 radical (unpaired) electrons. The van der Waals surface area contributed by atoms with E-state index in [-0.39, 0.29) is 17.7 Å². The van der Waals surface area contributed by atoms with Gasteiger partial charge in [-0.15, -0.1) is 0 Å². The topological polar surface area (TPSA) is 88.1 Å². The molecule has 1 heterocycles. The molecule has 0 saturated carbocycles. The largest absolute Gasteiger partial charge is 0.497 e. The Morgan fingerprint density at radius 2 is 1.96 bits per heavy atom. The standard InChI is InChI=1S/C19H20N2O5/c1-12-10-21(19(24)20-15-5-7-16(25-2)8-6-15)11-14-4-3-13(18(22)23)9-17(14)26-12/h3-9,12H,10-11H2,1-2H3,(H,20,24)(H,22,23)/t12-/m0/s1. The lowest BCUT2D eigenvalue weighted by Crippen LogP contribution is -2.38. The number of fused-ring (bicyclic) bond motifs is 1. The van der Waals surface area contributed by atoms with E-state index in [2.05, 4.69) is 5.32 Å². The molecule has 2 N–H and O–H groups in total. The minimum atomic E-state index is -1.01. The molecule has 1 aliphatic rings. The first kappa shape index (κ1) is 17.6. The second kappa shape index (κ2) is 7.35. The van der Waals surface area contributed by atoms with Crippen molar-refractivity contribution in [2.45, 2.75) is 19.6 Å². The molecule has 2 amide bonds. The number of hydrogen-bond donors (Lipinski definition) is 2. The van der Waals surface area contributed by atoms with Crippen LogP contribution < -0.4 is 14.8 Å². The highest BCUT2D eigenvalue weighted by atomic mass is 16.5. The van der Waals surface area contributed by atoms with Crippen molar-refractivity contribution in [1.82, 2.24) is 4.90 Å². The number of nitrogens with zero attached hydrogens (tertiary/aromatic N) is 1. The third kappa shape index (κ3) is 3.88. The average Bonchev–Trinajstić information content (AvgIpc) is 2.79. The van der Waals surface area contributed by atoms with E-state index in [0.29, 0.717) is 30.3 Å². The number of urea groups is 1. The number of anilines is 1. The first-order valence-electron chi connectivity index (χ1n) is 8.19. The van der Waals surface area contributed by atoms with Crippen LogP contribution in [0.25, 0.3) is 0 Å². The Bertz CT molecular complexity index is 819. The molecule has 2 aromatic carbocycles. The summed E-state index contributed by atoms with van der Waals surface area (Å²) in [4.78, 5) is 25.4. The van der Waals surface area contributed by atoms with Crippen molar-refractivity contribution < 1.29 is 24.2 Å². The zero-order chi connectivity index (χ0) is 18.7. The molecular formula is C19H20N2O5. The quantitative estimate of drug-likeness (QED) is 0.882. The van der Waals surface area contributed by atoms with Crippen molar-refractivity contribution in [3.63, 3.8) is 0 Å². The minimum absolute atomic E-state index is 0.159. The fourth-order valence-electron chi connectivity index (χ4n) is 2.79. The van der Waals surface area contributed by atoms with Gasteiger partial charge in [0.25, 0.3) is 0 Å². The summed E-state index contributed by atoms with van der Waals surface area (Å²) in [7, 11) is 1.58. The molecule has 136 valence electrons. The van der Waals surface area contributed by atoms with E-state index in [1.54, 1.807) is 42.3 Å². The van der Waals surface area contributed by atoms with Gasteiger partial charge < -0.3 is 24.8 Å². The summed E-state index contributed by atoms with van der Waals surface area (Å²) in [6.07, 6.45) is -0.262. The van der Waals surface area contributed by atoms with Gasteiger partial charge in [-0.3, -0.25) is 0 Å². The summed E-state index contributed by atoms with van der Waals surface area (Å²) >= 11 is 0. The Hall–Kier alpha value is -3.22. The van der Waals surface area contributed by atoms with Gasteiger partial charge in [-0.05, 0) is 43.3 Å². The molecule has 0 saturated heterocycles. The van der Waals surface area contributed by atoms with Crippen molar-refractivity contribution in [1.29, 1.82) is 0 Å². The van der Waals surface area contributed by atoms with Crippen LogP contribution >= 0.6 is 0 Å². The Kier molecular flexibility index (Phi) is 4.97. The van der Waals surface area contributed by atoms with Gasteiger partial charge >= 0.3 is 12.0 Å². The molecule has 2 aromatic rings. The number of carbonyl (C=O) groups excluding carboxylic acids is 1. The molecule has 26 heavy (non-hydrogen) atoms. The molecule has 3 rings (SSSR count). The molecule has 0 aromatic heterocycles. The van der Waals surface area contributed by atoms with Crippen LogP contribution in [0.1, 0.15) is 22.8 Å². The Labute approximate surface area is 151 Å². The highest BCUT2D eigenvalue weighted by Gasteiger charge is 2.24. The third-order valence-electron chi connectivity index (χ3n) is 4.11. The first-order chi connectivity index (χ1) is 12.5. The van der Waals surface area contributed by atoms with Crippen LogP contribution in [-0.2, 0) is 6.54 Å². The predicted molar refractivity (Wildman–Crippen MR) is 95.9 cm³/mol. The maximum atomic E-state index is 12.6. The molecule has 1 aliphatic heterocycles. The normalized spacial score (nSPS) is 16.1. The van der Waals surface area contributed by atoms with Crippen molar-refractivity contribution >= 4 is 17.7 Å². The zero-order valence-electron chi connectivity index (χ0n) is 14.6. The van der Waals surface area contributed by atoms with Crippen LogP contribution in [-0.4, -0.2) is 41.8 Å². The number of nitrogens with one attached hydrogen (secondary N) is 1. The number of ether oxygens (including phenoxy) is 2. The summed E-state index contributed by atoms with van der Waals surface area (Å²) in [6, 6.07) is 11.5. The number of hydrogen-bond acceptors (Lipinski definition) is 4. The number of carboxylic acid groups (broad SMARTS) is 1. The summed E-state index contributed by atoms with van der Waals surface area (Å²) < 4.78 is 10.9. The smallest absolute Gasteiger partial charge is 0.335 e. The van der Waals surface area contributed by atoms with E-state index < -0.39 is 5.97 Å². The maximum absolute atomic E-state index is 12.6. The van der Waals surface area contributed by atoms with Crippen molar-refractivity contribution in [2.24, 2.45) is 0 Å². The van der Waals surface area contributed by atoms with Crippen LogP contribution in [0, 0.1) is 0 Å². The number of carbonyl (C=O) groups is 2. The molecule has 1 atom stereocenters. The highest BCUT2D eigenvalue weighted by molar-refractivity contribution is 5.90. The molecule has 7 nitrogen and oxygen atoms in total. The number of amides is 2. The Morgan fingerprint density at radius 3 is 2.62 bits per heavy atom. The van der Waals surface area contributed by atoms with Crippen molar-refractivity contribution in [2.75, 3.05) is 19.0 Å². The number of rotatable bonds is 3. The maximum Gasteiger partial charge on any atom is 0.335 e. The fraction of sp³-hybridized carbons (Fsp3) is 0.263. The van der Waals surface area contributed by atoms with E-state index in [1.165, 1.54) is 12.1 Å². The average molecular weight is 356 g/mol. The molecule has 0 spiro atoms. The van der Waals surface area contributed by atoms with Gasteiger partial charge in [0.05, 0.1) is 25.8 Å². The number of carboxylic acids is 1. The van der Waals surface area contributed by atoms with Gasteiger partial charge in [0, 0.05) is 11.3 Å². The van der Waals surface area contributed by atoms with Gasteiger partial charge in [0.2, 0.25) is 0 Å². The zero-order valence-corrected chi connectivity index (χ0v) is 14.6. The van der Waals surface area contributed by atoms with Gasteiger partial charge in [-0.2, -0.15) is 0 Å². The number of methoxy groups -OCH3 is 1. The molecule has 0 fully saturated rings. The summed E-state index contributed by atoms with van der Waals surface area (Å²) in [5.74, 6) is 0.197. The van der Waals surface area contributed by atoms with E-state index in [4.69, 9.17) is 14.6 Å². The lowest BCUT2D eigenvalue weighted by Gasteiger charge is -2.22. The molecule has 0 unspecified atom stereocenters. The van der Waals surface area contributed by atoms with Crippen LogP contribution in [0.15, 0.2) is 42.5 Å². The lowest BCUT2D eigenvalue weighted by atomic mass is 10.1. The van der Waals surface area contributed by atoms with E-state index in [9.17, 15) is 9.59 Å². The van der Waals surface area contributed by atoms with Gasteiger partial charge in [-0.1, -0.05) is 6.07 Å². The van der Waals surface area contributed by atoms with E-state index >= 15 is 0 Å². The summed E-state index contributed by atoms with van der Waals surface area (Å²) in [5, 5.41) is 12.0. The van der Waals surface area contributed by atoms with Crippen LogP contribution in [0.2, 0.25) is 0 Å². The van der Waals surface area contributed by atoms with Crippen molar-refractivity contribution in [3.8, 4) is 11.5 Å². The fourth-order valence-corrected chi connectivity index (χ4v) is 2.79. The minimum Gasteiger partial charge on any atom is -0.497 e. The molecule has 0 aliphatic carbocycles. The lowest BCUT2D eigenvalue weighted by molar-refractivity contribution is 0.0696. The first-order valence-corrected chi connectivity index (χ1v) is 8.19. The van der Waals surface area contributed by atoms with Gasteiger partial charge in [0.1, 0.15) is 17.6 Å². The number of benzene rings is 2. The SMILES string of the molecule is COc1ccc(NC(=O)N2Cc3ccc(C(=O)O)cc3O[C@@H](C)C2)cc1. The summed E-state index contributed by atoms with van der Waals surface area (Å²) in [6.45, 7) is 2.57. The van der Waals surface area contributed by atoms with Gasteiger partial charge in [0.15, 0.2) is 0 Å². The molecule has 0 bridgehead atoms. The van der Waals surface area contributed by atoms with Crippen LogP contribution in [0.5, 0.6) is 11.5 Å². The second-order valence-electron chi connectivity index (χ2n) is 6.10. The van der Waals surface area contributed by atoms with Crippen LogP contribution in [0.4, 0.5) is 10.5 Å². The monoisotopic (exact) mass is 356 g/mol. The highest BCUT2D eigenvalue weighted by Crippen LogP contribution is 2.27. The Morgan fingerprint density at radius 1 is 1.23 bits per heavy atom. The van der Waals surface area contributed by atoms with Crippen LogP contribution in [0.3, 0.4) is 0 Å². The molecular weight excluding hydrogens is 336 g/mol. The van der Waals surface area contributed by atoms with E-state index in [0.717, 1.165) is 5.56 Å². The molecule has 7 heteroatoms. The Balaban J connectivity index is 1.77. The van der Waals surface area contributed by atoms with Gasteiger partial charge in [-0.25, -0.2) is 9.59 Å². The number of aromatic carboxylic acids is 1. The summed E-state index contributed by atoms with van der Waals surface area (Å²) in [5.41, 5.74) is 1.59. The second-order valence-corrected chi connectivity index (χ2v) is 6.10. The third-order valence-corrected chi connectivity index (χ3v) is 4.11. The van der Waals surface area contributed by atoms with E-state index in [1.807, 2.05) is 6.92 Å².